The number of thiophene rings is 1. The fraction of sp³-hybridized carbons (Fsp3) is 0. The van der Waals surface area contributed by atoms with E-state index in [0.717, 1.165) is 39.0 Å². The quantitative estimate of drug-likeness (QED) is 0.178. The Morgan fingerprint density at radius 2 is 1.00 bits per heavy atom. The molecule has 0 spiro atoms. The smallest absolute Gasteiger partial charge is 0.159 e. The predicted octanol–water partition coefficient (Wildman–Crippen LogP) is 15.1. The lowest BCUT2D eigenvalue weighted by molar-refractivity contribution is 0.669. The van der Waals surface area contributed by atoms with Gasteiger partial charge in [-0.05, 0) is 80.9 Å². The highest BCUT2D eigenvalue weighted by Crippen LogP contribution is 2.45. The third-order valence-corrected chi connectivity index (χ3v) is 11.9. The molecular formula is C50H31NOS. The molecular weight excluding hydrogens is 663 g/mol. The van der Waals surface area contributed by atoms with Crippen LogP contribution in [0.2, 0.25) is 0 Å². The minimum absolute atomic E-state index is 0.872. The molecule has 0 fully saturated rings. The number of hydrogen-bond acceptors (Lipinski definition) is 3. The van der Waals surface area contributed by atoms with Gasteiger partial charge in [0, 0.05) is 47.7 Å². The van der Waals surface area contributed by atoms with Gasteiger partial charge in [-0.3, -0.25) is 0 Å². The third kappa shape index (κ3) is 4.78. The molecule has 11 rings (SSSR count). The normalized spacial score (nSPS) is 11.8. The molecule has 0 N–H and O–H groups in total. The van der Waals surface area contributed by atoms with Crippen LogP contribution in [0.3, 0.4) is 0 Å². The minimum Gasteiger partial charge on any atom is -0.454 e. The van der Waals surface area contributed by atoms with Gasteiger partial charge in [-0.1, -0.05) is 146 Å². The molecule has 11 aromatic rings. The second kappa shape index (κ2) is 11.9. The fourth-order valence-electron chi connectivity index (χ4n) is 8.19. The molecule has 53 heavy (non-hydrogen) atoms. The zero-order valence-corrected chi connectivity index (χ0v) is 29.5. The van der Waals surface area contributed by atoms with E-state index in [4.69, 9.17) is 4.42 Å². The van der Waals surface area contributed by atoms with Gasteiger partial charge < -0.3 is 9.32 Å². The first-order valence-electron chi connectivity index (χ1n) is 18.0. The third-order valence-electron chi connectivity index (χ3n) is 10.7. The summed E-state index contributed by atoms with van der Waals surface area (Å²) in [7, 11) is 0. The number of hydrogen-bond donors (Lipinski definition) is 0. The molecule has 2 aromatic heterocycles. The standard InChI is InChI=1S/C50H31NOS/c1-2-13-38-32(10-1)11-7-16-39(38)33-22-27-36(28-23-33)51(45-19-9-18-43-41-14-3-5-20-46(41)52-49(43)45)37-29-24-34(25-30-37)40-17-8-12-35-26-31-44-42-15-4-6-21-47(42)53-50(44)48(35)40/h1-31H. The van der Waals surface area contributed by atoms with Gasteiger partial charge >= 0.3 is 0 Å². The Morgan fingerprint density at radius 1 is 0.396 bits per heavy atom. The molecule has 2 heterocycles. The summed E-state index contributed by atoms with van der Waals surface area (Å²) in [5.41, 5.74) is 9.74. The molecule has 0 radical (unpaired) electrons. The summed E-state index contributed by atoms with van der Waals surface area (Å²) >= 11 is 1.89. The molecule has 0 atom stereocenters. The predicted molar refractivity (Wildman–Crippen MR) is 227 cm³/mol. The zero-order chi connectivity index (χ0) is 34.9. The first-order valence-corrected chi connectivity index (χ1v) is 18.8. The van der Waals surface area contributed by atoms with Crippen molar-refractivity contribution in [2.75, 3.05) is 4.90 Å². The summed E-state index contributed by atoms with van der Waals surface area (Å²) in [5, 5.41) is 9.93. The molecule has 0 bridgehead atoms. The van der Waals surface area contributed by atoms with Crippen molar-refractivity contribution in [1.29, 1.82) is 0 Å². The second-order valence-electron chi connectivity index (χ2n) is 13.7. The van der Waals surface area contributed by atoms with E-state index in [0.29, 0.717) is 0 Å². The molecule has 0 saturated carbocycles. The number of anilines is 3. The molecule has 2 nitrogen and oxygen atoms in total. The van der Waals surface area contributed by atoms with Crippen LogP contribution in [0.5, 0.6) is 0 Å². The maximum atomic E-state index is 6.62. The lowest BCUT2D eigenvalue weighted by atomic mass is 9.96. The molecule has 0 amide bonds. The molecule has 0 unspecified atom stereocenters. The van der Waals surface area contributed by atoms with E-state index in [1.807, 2.05) is 17.4 Å². The molecule has 0 aliphatic heterocycles. The van der Waals surface area contributed by atoms with E-state index in [2.05, 4.69) is 187 Å². The van der Waals surface area contributed by atoms with E-state index in [1.165, 1.54) is 64.0 Å². The van der Waals surface area contributed by atoms with E-state index >= 15 is 0 Å². The molecule has 0 aliphatic carbocycles. The summed E-state index contributed by atoms with van der Waals surface area (Å²) in [5.74, 6) is 0. The SMILES string of the molecule is c1ccc2c(-c3ccc(N(c4ccc(-c5cccc6ccc7c8ccccc8sc7c56)cc4)c4cccc5c4oc4ccccc45)cc3)cccc2c1. The molecule has 248 valence electrons. The highest BCUT2D eigenvalue weighted by atomic mass is 32.1. The van der Waals surface area contributed by atoms with Gasteiger partial charge in [0.2, 0.25) is 0 Å². The molecule has 9 aromatic carbocycles. The van der Waals surface area contributed by atoms with E-state index < -0.39 is 0 Å². The van der Waals surface area contributed by atoms with Gasteiger partial charge in [-0.15, -0.1) is 11.3 Å². The van der Waals surface area contributed by atoms with Gasteiger partial charge in [0.25, 0.3) is 0 Å². The van der Waals surface area contributed by atoms with Gasteiger partial charge in [0.1, 0.15) is 5.58 Å². The van der Waals surface area contributed by atoms with Crippen molar-refractivity contribution < 1.29 is 4.42 Å². The Bertz CT molecular complexity index is 3160. The van der Waals surface area contributed by atoms with Crippen LogP contribution in [-0.4, -0.2) is 0 Å². The van der Waals surface area contributed by atoms with Crippen molar-refractivity contribution in [3.05, 3.63) is 188 Å². The van der Waals surface area contributed by atoms with Crippen LogP contribution in [0.25, 0.3) is 85.9 Å². The average molecular weight is 694 g/mol. The highest BCUT2D eigenvalue weighted by molar-refractivity contribution is 7.26. The Balaban J connectivity index is 1.07. The Labute approximate surface area is 310 Å². The summed E-state index contributed by atoms with van der Waals surface area (Å²) in [4.78, 5) is 2.33. The van der Waals surface area contributed by atoms with Gasteiger partial charge in [0.05, 0.1) is 5.69 Å². The van der Waals surface area contributed by atoms with E-state index in [9.17, 15) is 0 Å². The molecule has 0 saturated heterocycles. The van der Waals surface area contributed by atoms with Crippen LogP contribution in [0.15, 0.2) is 192 Å². The van der Waals surface area contributed by atoms with Crippen molar-refractivity contribution in [2.24, 2.45) is 0 Å². The van der Waals surface area contributed by atoms with Crippen molar-refractivity contribution in [3.63, 3.8) is 0 Å². The largest absolute Gasteiger partial charge is 0.454 e. The zero-order valence-electron chi connectivity index (χ0n) is 28.7. The number of nitrogens with zero attached hydrogens (tertiary/aromatic N) is 1. The van der Waals surface area contributed by atoms with Gasteiger partial charge in [-0.2, -0.15) is 0 Å². The maximum absolute atomic E-state index is 6.62. The maximum Gasteiger partial charge on any atom is 0.159 e. The number of para-hydroxylation sites is 2. The van der Waals surface area contributed by atoms with Crippen LogP contribution in [0.4, 0.5) is 17.1 Å². The van der Waals surface area contributed by atoms with Crippen molar-refractivity contribution in [3.8, 4) is 22.3 Å². The summed E-state index contributed by atoms with van der Waals surface area (Å²) in [6.07, 6.45) is 0. The van der Waals surface area contributed by atoms with Crippen LogP contribution in [0.1, 0.15) is 0 Å². The number of benzene rings is 9. The summed E-state index contributed by atoms with van der Waals surface area (Å²) < 4.78 is 9.28. The van der Waals surface area contributed by atoms with Crippen molar-refractivity contribution >= 4 is 92.1 Å². The number of furan rings is 1. The summed E-state index contributed by atoms with van der Waals surface area (Å²) in [6.45, 7) is 0. The second-order valence-corrected chi connectivity index (χ2v) is 14.7. The molecule has 0 aliphatic rings. The monoisotopic (exact) mass is 693 g/mol. The van der Waals surface area contributed by atoms with E-state index in [1.54, 1.807) is 0 Å². The number of rotatable bonds is 5. The fourth-order valence-corrected chi connectivity index (χ4v) is 9.46. The minimum atomic E-state index is 0.872. The van der Waals surface area contributed by atoms with Gasteiger partial charge in [0.15, 0.2) is 5.58 Å². The van der Waals surface area contributed by atoms with Crippen molar-refractivity contribution in [1.82, 2.24) is 0 Å². The summed E-state index contributed by atoms with van der Waals surface area (Å²) in [6, 6.07) is 67.8. The van der Waals surface area contributed by atoms with Gasteiger partial charge in [-0.25, -0.2) is 0 Å². The van der Waals surface area contributed by atoms with Crippen LogP contribution in [0, 0.1) is 0 Å². The first kappa shape index (κ1) is 30.0. The number of fused-ring (bicyclic) bond motifs is 9. The van der Waals surface area contributed by atoms with Crippen molar-refractivity contribution in [2.45, 2.75) is 0 Å². The Kier molecular flexibility index (Phi) is 6.76. The van der Waals surface area contributed by atoms with Crippen LogP contribution < -0.4 is 4.90 Å². The van der Waals surface area contributed by atoms with Crippen LogP contribution >= 0.6 is 11.3 Å². The molecule has 3 heteroatoms. The first-order chi connectivity index (χ1) is 26.3. The van der Waals surface area contributed by atoms with E-state index in [-0.39, 0.29) is 0 Å². The Morgan fingerprint density at radius 3 is 1.81 bits per heavy atom. The topological polar surface area (TPSA) is 16.4 Å². The highest BCUT2D eigenvalue weighted by Gasteiger charge is 2.20. The Hall–Kier alpha value is -6.68. The lowest BCUT2D eigenvalue weighted by Crippen LogP contribution is -2.10. The average Bonchev–Trinajstić information content (AvgIpc) is 3.80. The van der Waals surface area contributed by atoms with Crippen LogP contribution in [-0.2, 0) is 0 Å². The lowest BCUT2D eigenvalue weighted by Gasteiger charge is -2.26.